The molecule has 2 atom stereocenters. The highest BCUT2D eigenvalue weighted by molar-refractivity contribution is 5.21. The molecule has 2 aliphatic heterocycles. The van der Waals surface area contributed by atoms with Crippen molar-refractivity contribution in [3.63, 3.8) is 0 Å². The van der Waals surface area contributed by atoms with Gasteiger partial charge in [-0.05, 0) is 31.7 Å². The highest BCUT2D eigenvalue weighted by Crippen LogP contribution is 2.36. The third-order valence-corrected chi connectivity index (χ3v) is 5.33. The molecule has 2 aliphatic rings. The molecule has 0 amide bonds. The van der Waals surface area contributed by atoms with Crippen molar-refractivity contribution >= 4 is 0 Å². The van der Waals surface area contributed by atoms with Crippen LogP contribution in [0.4, 0.5) is 0 Å². The summed E-state index contributed by atoms with van der Waals surface area (Å²) in [5.41, 5.74) is 1.71. The molecular weight excluding hydrogens is 260 g/mol. The highest BCUT2D eigenvalue weighted by Gasteiger charge is 2.41. The second-order valence-corrected chi connectivity index (χ2v) is 6.70. The van der Waals surface area contributed by atoms with Crippen molar-refractivity contribution in [2.75, 3.05) is 26.3 Å². The number of nitrogens with one attached hydrogen (secondary N) is 1. The Balaban J connectivity index is 1.86. The normalized spacial score (nSPS) is 30.2. The van der Waals surface area contributed by atoms with E-state index >= 15 is 0 Å². The van der Waals surface area contributed by atoms with E-state index in [9.17, 15) is 0 Å². The van der Waals surface area contributed by atoms with Crippen molar-refractivity contribution in [2.45, 2.75) is 50.7 Å². The fourth-order valence-corrected chi connectivity index (χ4v) is 3.76. The Hall–Kier alpha value is -0.900. The topological polar surface area (TPSA) is 24.5 Å². The van der Waals surface area contributed by atoms with E-state index in [2.05, 4.69) is 54.4 Å². The summed E-state index contributed by atoms with van der Waals surface area (Å²) in [5, 5.41) is 3.73. The minimum Gasteiger partial charge on any atom is -0.381 e. The number of benzene rings is 1. The zero-order valence-corrected chi connectivity index (χ0v) is 13.3. The average molecular weight is 288 g/mol. The molecule has 2 heterocycles. The lowest BCUT2D eigenvalue weighted by Crippen LogP contribution is -2.61. The first-order valence-electron chi connectivity index (χ1n) is 8.36. The first-order chi connectivity index (χ1) is 10.2. The van der Waals surface area contributed by atoms with Gasteiger partial charge in [-0.25, -0.2) is 0 Å². The molecule has 1 aromatic rings. The molecule has 2 unspecified atom stereocenters. The molecule has 21 heavy (non-hydrogen) atoms. The third kappa shape index (κ3) is 3.15. The molecule has 0 aromatic heterocycles. The Bertz CT molecular complexity index is 442. The van der Waals surface area contributed by atoms with E-state index in [0.717, 1.165) is 39.1 Å². The van der Waals surface area contributed by atoms with E-state index < -0.39 is 0 Å². The molecule has 0 spiro atoms. The van der Waals surface area contributed by atoms with Crippen LogP contribution in [-0.4, -0.2) is 42.8 Å². The van der Waals surface area contributed by atoms with Gasteiger partial charge >= 0.3 is 0 Å². The summed E-state index contributed by atoms with van der Waals surface area (Å²) in [7, 11) is 0. The van der Waals surface area contributed by atoms with Crippen LogP contribution in [0.15, 0.2) is 30.3 Å². The molecule has 3 nitrogen and oxygen atoms in total. The molecular formula is C18H28N2O. The zero-order chi connectivity index (χ0) is 14.7. The van der Waals surface area contributed by atoms with Crippen LogP contribution in [0.2, 0.25) is 0 Å². The molecule has 1 N–H and O–H groups in total. The van der Waals surface area contributed by atoms with Crippen LogP contribution >= 0.6 is 0 Å². The Morgan fingerprint density at radius 2 is 1.95 bits per heavy atom. The molecule has 1 aromatic carbocycles. The fourth-order valence-electron chi connectivity index (χ4n) is 3.76. The van der Waals surface area contributed by atoms with Crippen molar-refractivity contribution in [1.82, 2.24) is 10.2 Å². The standard InChI is InChI=1S/C18H28N2O/c1-3-16-14-20(18(2)9-11-21-12-10-18)17(13-19-16)15-7-5-4-6-8-15/h4-8,16-17,19H,3,9-14H2,1-2H3. The van der Waals surface area contributed by atoms with Crippen LogP contribution in [0.3, 0.4) is 0 Å². The summed E-state index contributed by atoms with van der Waals surface area (Å²) in [4.78, 5) is 2.76. The van der Waals surface area contributed by atoms with Crippen molar-refractivity contribution in [3.05, 3.63) is 35.9 Å². The van der Waals surface area contributed by atoms with E-state index in [4.69, 9.17) is 4.74 Å². The number of piperazine rings is 1. The van der Waals surface area contributed by atoms with Gasteiger partial charge < -0.3 is 10.1 Å². The first kappa shape index (κ1) is 15.0. The third-order valence-electron chi connectivity index (χ3n) is 5.33. The van der Waals surface area contributed by atoms with E-state index in [1.54, 1.807) is 0 Å². The first-order valence-corrected chi connectivity index (χ1v) is 8.36. The van der Waals surface area contributed by atoms with E-state index in [0.29, 0.717) is 12.1 Å². The lowest BCUT2D eigenvalue weighted by Gasteiger charge is -2.52. The van der Waals surface area contributed by atoms with Crippen LogP contribution in [0.5, 0.6) is 0 Å². The lowest BCUT2D eigenvalue weighted by molar-refractivity contribution is -0.0547. The number of ether oxygens (including phenoxy) is 1. The Kier molecular flexibility index (Phi) is 4.63. The summed E-state index contributed by atoms with van der Waals surface area (Å²) in [6.07, 6.45) is 3.49. The number of rotatable bonds is 3. The van der Waals surface area contributed by atoms with E-state index in [1.807, 2.05) is 0 Å². The minimum absolute atomic E-state index is 0.272. The van der Waals surface area contributed by atoms with Gasteiger partial charge in [-0.15, -0.1) is 0 Å². The maximum atomic E-state index is 5.61. The van der Waals surface area contributed by atoms with Gasteiger partial charge in [-0.2, -0.15) is 0 Å². The Morgan fingerprint density at radius 3 is 2.62 bits per heavy atom. The average Bonchev–Trinajstić information content (AvgIpc) is 2.56. The predicted molar refractivity (Wildman–Crippen MR) is 86.4 cm³/mol. The SMILES string of the molecule is CCC1CN(C2(C)CCOCC2)C(c2ccccc2)CN1. The smallest absolute Gasteiger partial charge is 0.0483 e. The van der Waals surface area contributed by atoms with E-state index in [-0.39, 0.29) is 5.54 Å². The monoisotopic (exact) mass is 288 g/mol. The van der Waals surface area contributed by atoms with Crippen molar-refractivity contribution < 1.29 is 4.74 Å². The van der Waals surface area contributed by atoms with Gasteiger partial charge in [0.15, 0.2) is 0 Å². The molecule has 3 heteroatoms. The largest absolute Gasteiger partial charge is 0.381 e. The van der Waals surface area contributed by atoms with Gasteiger partial charge in [-0.3, -0.25) is 4.90 Å². The summed E-state index contributed by atoms with van der Waals surface area (Å²) in [6.45, 7) is 8.72. The van der Waals surface area contributed by atoms with Crippen LogP contribution < -0.4 is 5.32 Å². The summed E-state index contributed by atoms with van der Waals surface area (Å²) >= 11 is 0. The Morgan fingerprint density at radius 1 is 1.24 bits per heavy atom. The lowest BCUT2D eigenvalue weighted by atomic mass is 9.85. The Labute approximate surface area is 128 Å². The van der Waals surface area contributed by atoms with Gasteiger partial charge in [-0.1, -0.05) is 37.3 Å². The summed E-state index contributed by atoms with van der Waals surface area (Å²) < 4.78 is 5.61. The molecule has 0 radical (unpaired) electrons. The molecule has 0 aliphatic carbocycles. The zero-order valence-electron chi connectivity index (χ0n) is 13.3. The quantitative estimate of drug-likeness (QED) is 0.925. The second kappa shape index (κ2) is 6.47. The molecule has 116 valence electrons. The molecule has 2 saturated heterocycles. The maximum Gasteiger partial charge on any atom is 0.0483 e. The minimum atomic E-state index is 0.272. The van der Waals surface area contributed by atoms with Crippen molar-refractivity contribution in [3.8, 4) is 0 Å². The van der Waals surface area contributed by atoms with Crippen LogP contribution in [0.1, 0.15) is 44.7 Å². The number of hydrogen-bond donors (Lipinski definition) is 1. The van der Waals surface area contributed by atoms with Crippen molar-refractivity contribution in [1.29, 1.82) is 0 Å². The van der Waals surface area contributed by atoms with Crippen LogP contribution in [0.25, 0.3) is 0 Å². The van der Waals surface area contributed by atoms with Crippen LogP contribution in [0, 0.1) is 0 Å². The maximum absolute atomic E-state index is 5.61. The van der Waals surface area contributed by atoms with Crippen LogP contribution in [-0.2, 0) is 4.74 Å². The van der Waals surface area contributed by atoms with Crippen molar-refractivity contribution in [2.24, 2.45) is 0 Å². The van der Waals surface area contributed by atoms with Gasteiger partial charge in [0.25, 0.3) is 0 Å². The number of nitrogens with zero attached hydrogens (tertiary/aromatic N) is 1. The number of hydrogen-bond acceptors (Lipinski definition) is 3. The summed E-state index contributed by atoms with van der Waals surface area (Å²) in [6, 6.07) is 12.1. The molecule has 3 rings (SSSR count). The highest BCUT2D eigenvalue weighted by atomic mass is 16.5. The van der Waals surface area contributed by atoms with Gasteiger partial charge in [0.05, 0.1) is 0 Å². The summed E-state index contributed by atoms with van der Waals surface area (Å²) in [5.74, 6) is 0. The van der Waals surface area contributed by atoms with Gasteiger partial charge in [0.2, 0.25) is 0 Å². The van der Waals surface area contributed by atoms with E-state index in [1.165, 1.54) is 12.0 Å². The van der Waals surface area contributed by atoms with Gasteiger partial charge in [0.1, 0.15) is 0 Å². The van der Waals surface area contributed by atoms with Gasteiger partial charge in [0, 0.05) is 43.9 Å². The molecule has 0 saturated carbocycles. The fraction of sp³-hybridized carbons (Fsp3) is 0.667. The molecule has 0 bridgehead atoms. The second-order valence-electron chi connectivity index (χ2n) is 6.70. The molecule has 2 fully saturated rings. The predicted octanol–water partition coefficient (Wildman–Crippen LogP) is 2.98.